The normalized spacial score (nSPS) is 11.3. The van der Waals surface area contributed by atoms with E-state index in [1.54, 1.807) is 43.3 Å². The molecule has 138 valence electrons. The first-order chi connectivity index (χ1) is 12.8. The predicted octanol–water partition coefficient (Wildman–Crippen LogP) is 2.35. The molecule has 1 atom stereocenters. The van der Waals surface area contributed by atoms with Gasteiger partial charge in [0.15, 0.2) is 0 Å². The largest absolute Gasteiger partial charge is 0.399 e. The fourth-order valence-electron chi connectivity index (χ4n) is 2.67. The lowest BCUT2D eigenvalue weighted by atomic mass is 10.0. The number of hydrogen-bond acceptors (Lipinski definition) is 7. The van der Waals surface area contributed by atoms with E-state index in [0.29, 0.717) is 45.2 Å². The molecule has 7 nitrogen and oxygen atoms in total. The van der Waals surface area contributed by atoms with E-state index < -0.39 is 11.2 Å². The number of thioether (sulfide) groups is 1. The molecule has 2 rings (SSSR count). The Morgan fingerprint density at radius 1 is 1.22 bits per heavy atom. The standard InChI is InChI=1S/C19H20N6OS/c1-4-13-14(9-20)18(25(2)3)24-19(15(13)10-21)27-16(17(23)26)11-5-7-12(22)8-6-11/h5-8,16H,4,22H2,1-3H3,(H2,23,26). The molecule has 1 aromatic carbocycles. The molecule has 0 radical (unpaired) electrons. The van der Waals surface area contributed by atoms with Crippen LogP contribution in [0.2, 0.25) is 0 Å². The van der Waals surface area contributed by atoms with Crippen LogP contribution < -0.4 is 16.4 Å². The van der Waals surface area contributed by atoms with E-state index in [-0.39, 0.29) is 0 Å². The molecule has 1 unspecified atom stereocenters. The third kappa shape index (κ3) is 4.13. The number of carbonyl (C=O) groups is 1. The van der Waals surface area contributed by atoms with E-state index in [1.807, 2.05) is 6.92 Å². The Hall–Kier alpha value is -3.23. The molecular weight excluding hydrogens is 360 g/mol. The van der Waals surface area contributed by atoms with Gasteiger partial charge in [0.05, 0.1) is 11.1 Å². The van der Waals surface area contributed by atoms with Crippen molar-refractivity contribution in [3.63, 3.8) is 0 Å². The average Bonchev–Trinajstić information content (AvgIpc) is 2.65. The smallest absolute Gasteiger partial charge is 0.235 e. The van der Waals surface area contributed by atoms with Gasteiger partial charge in [-0.25, -0.2) is 4.98 Å². The summed E-state index contributed by atoms with van der Waals surface area (Å²) in [4.78, 5) is 18.3. The van der Waals surface area contributed by atoms with Crippen LogP contribution in [0.15, 0.2) is 29.3 Å². The summed E-state index contributed by atoms with van der Waals surface area (Å²) in [5.74, 6) is -0.0966. The Morgan fingerprint density at radius 2 is 1.81 bits per heavy atom. The average molecular weight is 380 g/mol. The van der Waals surface area contributed by atoms with Crippen molar-refractivity contribution in [2.45, 2.75) is 23.6 Å². The topological polar surface area (TPSA) is 133 Å². The van der Waals surface area contributed by atoms with Gasteiger partial charge in [-0.3, -0.25) is 4.79 Å². The minimum Gasteiger partial charge on any atom is -0.399 e. The van der Waals surface area contributed by atoms with E-state index in [9.17, 15) is 15.3 Å². The third-order valence-corrected chi connectivity index (χ3v) is 5.24. The number of nitrogens with two attached hydrogens (primary N) is 2. The second-order valence-corrected chi connectivity index (χ2v) is 7.10. The van der Waals surface area contributed by atoms with Gasteiger partial charge in [0.2, 0.25) is 5.91 Å². The first kappa shape index (κ1) is 20.1. The zero-order valence-corrected chi connectivity index (χ0v) is 16.2. The minimum atomic E-state index is -0.738. The van der Waals surface area contributed by atoms with E-state index in [4.69, 9.17) is 11.5 Å². The second-order valence-electron chi connectivity index (χ2n) is 6.01. The quantitative estimate of drug-likeness (QED) is 0.580. The Morgan fingerprint density at radius 3 is 2.26 bits per heavy atom. The first-order valence-corrected chi connectivity index (χ1v) is 9.07. The van der Waals surface area contributed by atoms with Gasteiger partial charge in [0, 0.05) is 19.8 Å². The van der Waals surface area contributed by atoms with Gasteiger partial charge >= 0.3 is 0 Å². The highest BCUT2D eigenvalue weighted by atomic mass is 32.2. The van der Waals surface area contributed by atoms with Crippen LogP contribution in [-0.4, -0.2) is 25.0 Å². The molecule has 0 aliphatic heterocycles. The van der Waals surface area contributed by atoms with Crippen LogP contribution in [0.1, 0.15) is 34.4 Å². The molecule has 0 bridgehead atoms. The molecule has 4 N–H and O–H groups in total. The number of carbonyl (C=O) groups excluding carboxylic acids is 1. The highest BCUT2D eigenvalue weighted by Gasteiger charge is 2.26. The van der Waals surface area contributed by atoms with Crippen LogP contribution >= 0.6 is 11.8 Å². The Labute approximate surface area is 162 Å². The number of primary amides is 1. The number of amides is 1. The summed E-state index contributed by atoms with van der Waals surface area (Å²) in [5, 5.41) is 18.9. The molecule has 0 fully saturated rings. The van der Waals surface area contributed by atoms with E-state index in [1.165, 1.54) is 0 Å². The zero-order valence-electron chi connectivity index (χ0n) is 15.4. The number of anilines is 2. The van der Waals surface area contributed by atoms with E-state index in [0.717, 1.165) is 11.8 Å². The molecule has 1 amide bonds. The van der Waals surface area contributed by atoms with Crippen molar-refractivity contribution in [2.75, 3.05) is 24.7 Å². The second kappa shape index (κ2) is 8.43. The first-order valence-electron chi connectivity index (χ1n) is 8.19. The zero-order chi connectivity index (χ0) is 20.1. The lowest BCUT2D eigenvalue weighted by molar-refractivity contribution is -0.117. The Kier molecular flexibility index (Phi) is 6.27. The van der Waals surface area contributed by atoms with Crippen molar-refractivity contribution in [1.82, 2.24) is 4.98 Å². The van der Waals surface area contributed by atoms with Crippen molar-refractivity contribution in [2.24, 2.45) is 5.73 Å². The SMILES string of the molecule is CCc1c(C#N)c(SC(C(N)=O)c2ccc(N)cc2)nc(N(C)C)c1C#N. The van der Waals surface area contributed by atoms with Gasteiger partial charge in [-0.1, -0.05) is 30.8 Å². The van der Waals surface area contributed by atoms with Gasteiger partial charge in [0.1, 0.15) is 28.2 Å². The molecule has 0 saturated carbocycles. The fraction of sp³-hybridized carbons (Fsp3) is 0.263. The monoisotopic (exact) mass is 380 g/mol. The van der Waals surface area contributed by atoms with Gasteiger partial charge < -0.3 is 16.4 Å². The van der Waals surface area contributed by atoms with Crippen LogP contribution in [0.5, 0.6) is 0 Å². The summed E-state index contributed by atoms with van der Waals surface area (Å²) in [6.07, 6.45) is 0.492. The number of pyridine rings is 1. The van der Waals surface area contributed by atoms with Crippen molar-refractivity contribution >= 4 is 29.2 Å². The molecule has 2 aromatic rings. The summed E-state index contributed by atoms with van der Waals surface area (Å²) >= 11 is 1.10. The van der Waals surface area contributed by atoms with Crippen LogP contribution in [0.3, 0.4) is 0 Å². The highest BCUT2D eigenvalue weighted by molar-refractivity contribution is 8.00. The lowest BCUT2D eigenvalue weighted by Crippen LogP contribution is -2.20. The van der Waals surface area contributed by atoms with Crippen molar-refractivity contribution in [3.05, 3.63) is 46.5 Å². The number of rotatable bonds is 6. The lowest BCUT2D eigenvalue weighted by Gasteiger charge is -2.20. The molecule has 8 heteroatoms. The number of nitriles is 2. The Balaban J connectivity index is 2.64. The summed E-state index contributed by atoms with van der Waals surface area (Å²) in [5.41, 5.74) is 13.8. The maximum atomic E-state index is 12.1. The van der Waals surface area contributed by atoms with Crippen LogP contribution in [0.25, 0.3) is 0 Å². The van der Waals surface area contributed by atoms with Crippen molar-refractivity contribution < 1.29 is 4.79 Å². The molecule has 1 aromatic heterocycles. The maximum Gasteiger partial charge on any atom is 0.235 e. The number of benzene rings is 1. The minimum absolute atomic E-state index is 0.298. The highest BCUT2D eigenvalue weighted by Crippen LogP contribution is 2.39. The molecule has 0 saturated heterocycles. The van der Waals surface area contributed by atoms with Crippen LogP contribution in [0, 0.1) is 22.7 Å². The van der Waals surface area contributed by atoms with Gasteiger partial charge in [-0.05, 0) is 29.7 Å². The van der Waals surface area contributed by atoms with Crippen molar-refractivity contribution in [3.8, 4) is 12.1 Å². The number of aromatic nitrogens is 1. The predicted molar refractivity (Wildman–Crippen MR) is 106 cm³/mol. The van der Waals surface area contributed by atoms with Gasteiger partial charge in [-0.15, -0.1) is 0 Å². The summed E-state index contributed by atoms with van der Waals surface area (Å²) in [6.45, 7) is 1.87. The van der Waals surface area contributed by atoms with Crippen LogP contribution in [0.4, 0.5) is 11.5 Å². The third-order valence-electron chi connectivity index (χ3n) is 3.98. The molecule has 0 aliphatic rings. The molecule has 1 heterocycles. The number of hydrogen-bond donors (Lipinski definition) is 2. The van der Waals surface area contributed by atoms with Crippen LogP contribution in [-0.2, 0) is 11.2 Å². The van der Waals surface area contributed by atoms with Crippen molar-refractivity contribution in [1.29, 1.82) is 10.5 Å². The molecule has 0 aliphatic carbocycles. The van der Waals surface area contributed by atoms with E-state index in [2.05, 4.69) is 17.1 Å². The summed E-state index contributed by atoms with van der Waals surface area (Å²) in [7, 11) is 3.54. The summed E-state index contributed by atoms with van der Waals surface area (Å²) < 4.78 is 0. The molecule has 0 spiro atoms. The molecular formula is C19H20N6OS. The molecule has 27 heavy (non-hydrogen) atoms. The van der Waals surface area contributed by atoms with E-state index >= 15 is 0 Å². The fourth-order valence-corrected chi connectivity index (χ4v) is 3.72. The maximum absolute atomic E-state index is 12.1. The van der Waals surface area contributed by atoms with Gasteiger partial charge in [0.25, 0.3) is 0 Å². The summed E-state index contributed by atoms with van der Waals surface area (Å²) in [6, 6.07) is 11.1. The number of nitrogen functional groups attached to an aromatic ring is 1. The Bertz CT molecular complexity index is 941. The number of nitrogens with zero attached hydrogens (tertiary/aromatic N) is 4. The van der Waals surface area contributed by atoms with Gasteiger partial charge in [-0.2, -0.15) is 10.5 Å².